The van der Waals surface area contributed by atoms with Crippen molar-refractivity contribution in [3.05, 3.63) is 11.8 Å². The molecule has 5 nitrogen and oxygen atoms in total. The molecule has 5 heteroatoms. The molecule has 2 heterocycles. The first-order valence-electron chi connectivity index (χ1n) is 3.13. The molecule has 0 radical (unpaired) electrons. The lowest BCUT2D eigenvalue weighted by Crippen LogP contribution is -1.90. The number of nitrogen functional groups attached to an aromatic ring is 1. The fourth-order valence-corrected chi connectivity index (χ4v) is 0.932. The van der Waals surface area contributed by atoms with Gasteiger partial charge in [0.2, 0.25) is 5.65 Å². The predicted octanol–water partition coefficient (Wildman–Crippen LogP) is 0.508. The van der Waals surface area contributed by atoms with Crippen LogP contribution in [0.2, 0.25) is 0 Å². The fraction of sp³-hybridized carbons (Fsp3) is 0.167. The van der Waals surface area contributed by atoms with E-state index in [4.69, 9.17) is 5.73 Å². The van der Waals surface area contributed by atoms with E-state index < -0.39 is 0 Å². The Kier molecular flexibility index (Phi) is 1.06. The quantitative estimate of drug-likeness (QED) is 0.591. The predicted molar refractivity (Wildman–Crippen MR) is 38.7 cm³/mol. The first-order chi connectivity index (χ1) is 5.27. The van der Waals surface area contributed by atoms with E-state index in [0.29, 0.717) is 16.9 Å². The summed E-state index contributed by atoms with van der Waals surface area (Å²) in [6.07, 6.45) is 0. The summed E-state index contributed by atoms with van der Waals surface area (Å²) in [5.41, 5.74) is 7.94. The van der Waals surface area contributed by atoms with Gasteiger partial charge in [-0.2, -0.15) is 0 Å². The maximum Gasteiger partial charge on any atom is 0.226 e. The number of fused-ring (bicyclic) bond motifs is 1. The van der Waals surface area contributed by atoms with Gasteiger partial charge >= 0.3 is 0 Å². The van der Waals surface area contributed by atoms with Gasteiger partial charge in [-0.15, -0.1) is 0 Å². The highest BCUT2D eigenvalue weighted by Crippen LogP contribution is 2.15. The Balaban J connectivity index is 2.91. The molecule has 0 aliphatic heterocycles. The maximum atomic E-state index is 5.60. The van der Waals surface area contributed by atoms with Gasteiger partial charge in [-0.25, -0.2) is 9.61 Å². The number of pyridine rings is 1. The molecule has 0 bridgehead atoms. The zero-order valence-corrected chi connectivity index (χ0v) is 5.90. The normalized spacial score (nSPS) is 10.6. The van der Waals surface area contributed by atoms with Crippen molar-refractivity contribution in [2.45, 2.75) is 6.92 Å². The number of hydrogen-bond acceptors (Lipinski definition) is 5. The number of anilines is 1. The van der Waals surface area contributed by atoms with Gasteiger partial charge in [0.15, 0.2) is 5.52 Å². The highest BCUT2D eigenvalue weighted by atomic mass is 16.6. The summed E-state index contributed by atoms with van der Waals surface area (Å²) in [4.78, 5) is 4.05. The molecule has 0 atom stereocenters. The molecule has 2 aromatic heterocycles. The molecule has 2 aromatic rings. The van der Waals surface area contributed by atoms with Crippen molar-refractivity contribution in [1.82, 2.24) is 15.3 Å². The van der Waals surface area contributed by atoms with Crippen LogP contribution < -0.4 is 5.73 Å². The standard InChI is InChI=1S/C6H6N4O/c1-3-2-4(7)5-6(8-3)10-11-9-5/h2H,7H2,1H3. The topological polar surface area (TPSA) is 77.8 Å². The zero-order chi connectivity index (χ0) is 7.84. The number of hydrogen-bond donors (Lipinski definition) is 1. The lowest BCUT2D eigenvalue weighted by molar-refractivity contribution is 0.315. The molecule has 0 saturated heterocycles. The molecule has 0 saturated carbocycles. The summed E-state index contributed by atoms with van der Waals surface area (Å²) >= 11 is 0. The van der Waals surface area contributed by atoms with E-state index in [-0.39, 0.29) is 0 Å². The molecule has 0 fully saturated rings. The summed E-state index contributed by atoms with van der Waals surface area (Å²) in [5.74, 6) is 0. The van der Waals surface area contributed by atoms with Crippen molar-refractivity contribution >= 4 is 16.9 Å². The smallest absolute Gasteiger partial charge is 0.226 e. The molecule has 0 aliphatic carbocycles. The van der Waals surface area contributed by atoms with Gasteiger partial charge in [0.1, 0.15) is 0 Å². The number of rotatable bonds is 0. The van der Waals surface area contributed by atoms with Crippen LogP contribution in [0.25, 0.3) is 11.2 Å². The van der Waals surface area contributed by atoms with E-state index in [1.54, 1.807) is 6.07 Å². The summed E-state index contributed by atoms with van der Waals surface area (Å²) in [6.45, 7) is 1.84. The monoisotopic (exact) mass is 150 g/mol. The first kappa shape index (κ1) is 6.09. The van der Waals surface area contributed by atoms with Crippen LogP contribution in [-0.2, 0) is 0 Å². The third-order valence-electron chi connectivity index (χ3n) is 1.39. The van der Waals surface area contributed by atoms with Gasteiger partial charge in [0.05, 0.1) is 5.69 Å². The Morgan fingerprint density at radius 2 is 2.27 bits per heavy atom. The van der Waals surface area contributed by atoms with Crippen molar-refractivity contribution in [3.63, 3.8) is 0 Å². The van der Waals surface area contributed by atoms with E-state index in [0.717, 1.165) is 5.69 Å². The van der Waals surface area contributed by atoms with Crippen molar-refractivity contribution < 1.29 is 4.63 Å². The van der Waals surface area contributed by atoms with Crippen LogP contribution in [0.4, 0.5) is 5.69 Å². The fourth-order valence-electron chi connectivity index (χ4n) is 0.932. The van der Waals surface area contributed by atoms with E-state index in [2.05, 4.69) is 19.9 Å². The lowest BCUT2D eigenvalue weighted by Gasteiger charge is -1.92. The average Bonchev–Trinajstić information content (AvgIpc) is 2.34. The molecular weight excluding hydrogens is 144 g/mol. The summed E-state index contributed by atoms with van der Waals surface area (Å²) in [5, 5.41) is 7.15. The second kappa shape index (κ2) is 1.91. The Bertz CT molecular complexity index is 394. The van der Waals surface area contributed by atoms with Gasteiger partial charge in [0, 0.05) is 5.69 Å². The molecule has 0 spiro atoms. The average molecular weight is 150 g/mol. The SMILES string of the molecule is Cc1cc(N)c2nonc2n1. The van der Waals surface area contributed by atoms with Gasteiger partial charge < -0.3 is 5.73 Å². The van der Waals surface area contributed by atoms with E-state index >= 15 is 0 Å². The third kappa shape index (κ3) is 0.813. The number of aromatic nitrogens is 3. The second-order valence-corrected chi connectivity index (χ2v) is 2.29. The van der Waals surface area contributed by atoms with Crippen molar-refractivity contribution in [2.24, 2.45) is 0 Å². The van der Waals surface area contributed by atoms with Gasteiger partial charge in [0.25, 0.3) is 0 Å². The molecule has 0 aliphatic rings. The zero-order valence-electron chi connectivity index (χ0n) is 5.90. The Hall–Kier alpha value is -1.65. The molecule has 2 rings (SSSR count). The second-order valence-electron chi connectivity index (χ2n) is 2.29. The van der Waals surface area contributed by atoms with E-state index in [9.17, 15) is 0 Å². The minimum Gasteiger partial charge on any atom is -0.397 e. The molecule has 11 heavy (non-hydrogen) atoms. The molecule has 0 aromatic carbocycles. The number of nitrogens with zero attached hydrogens (tertiary/aromatic N) is 3. The lowest BCUT2D eigenvalue weighted by atomic mass is 10.3. The van der Waals surface area contributed by atoms with Crippen molar-refractivity contribution in [1.29, 1.82) is 0 Å². The minimum atomic E-state index is 0.461. The van der Waals surface area contributed by atoms with Crippen molar-refractivity contribution in [2.75, 3.05) is 5.73 Å². The summed E-state index contributed by atoms with van der Waals surface area (Å²) in [7, 11) is 0. The summed E-state index contributed by atoms with van der Waals surface area (Å²) in [6, 6.07) is 1.73. The first-order valence-corrected chi connectivity index (χ1v) is 3.13. The van der Waals surface area contributed by atoms with Crippen LogP contribution in [0.3, 0.4) is 0 Å². The minimum absolute atomic E-state index is 0.461. The molecular formula is C6H6N4O. The Morgan fingerprint density at radius 3 is 3.09 bits per heavy atom. The van der Waals surface area contributed by atoms with Gasteiger partial charge in [-0.05, 0) is 23.3 Å². The van der Waals surface area contributed by atoms with Crippen LogP contribution in [0.15, 0.2) is 10.7 Å². The van der Waals surface area contributed by atoms with Gasteiger partial charge in [-0.1, -0.05) is 0 Å². The molecule has 2 N–H and O–H groups in total. The molecule has 0 unspecified atom stereocenters. The highest BCUT2D eigenvalue weighted by molar-refractivity contribution is 5.82. The van der Waals surface area contributed by atoms with E-state index in [1.165, 1.54) is 0 Å². The number of nitrogens with two attached hydrogens (primary N) is 1. The highest BCUT2D eigenvalue weighted by Gasteiger charge is 2.05. The Morgan fingerprint density at radius 1 is 1.45 bits per heavy atom. The third-order valence-corrected chi connectivity index (χ3v) is 1.39. The summed E-state index contributed by atoms with van der Waals surface area (Å²) < 4.78 is 4.46. The van der Waals surface area contributed by atoms with Crippen molar-refractivity contribution in [3.8, 4) is 0 Å². The Labute approximate surface area is 62.2 Å². The van der Waals surface area contributed by atoms with E-state index in [1.807, 2.05) is 6.92 Å². The van der Waals surface area contributed by atoms with Crippen LogP contribution >= 0.6 is 0 Å². The van der Waals surface area contributed by atoms with Crippen LogP contribution in [0.5, 0.6) is 0 Å². The molecule has 0 amide bonds. The maximum absolute atomic E-state index is 5.60. The number of aryl methyl sites for hydroxylation is 1. The molecule has 56 valence electrons. The largest absolute Gasteiger partial charge is 0.397 e. The van der Waals surface area contributed by atoms with Crippen LogP contribution in [0, 0.1) is 6.92 Å². The van der Waals surface area contributed by atoms with Crippen LogP contribution in [-0.4, -0.2) is 15.3 Å². The van der Waals surface area contributed by atoms with Gasteiger partial charge in [-0.3, -0.25) is 0 Å². The van der Waals surface area contributed by atoms with Crippen LogP contribution in [0.1, 0.15) is 5.69 Å².